The van der Waals surface area contributed by atoms with E-state index in [0.717, 1.165) is 27.5 Å². The van der Waals surface area contributed by atoms with E-state index in [4.69, 9.17) is 4.74 Å². The fraction of sp³-hybridized carbons (Fsp3) is 0.136. The molecule has 3 aromatic rings. The second-order valence-electron chi connectivity index (χ2n) is 6.56. The zero-order chi connectivity index (χ0) is 17.0. The first kappa shape index (κ1) is 14.4. The summed E-state index contributed by atoms with van der Waals surface area (Å²) in [7, 11) is 0. The topological polar surface area (TPSA) is 26.3 Å². The highest BCUT2D eigenvalue weighted by molar-refractivity contribution is 6.12. The summed E-state index contributed by atoms with van der Waals surface area (Å²) in [6.07, 6.45) is 6.48. The SMILES string of the molecule is O=C(OCF)C12CC=CC1=Cc1c2ccc2c1ccc1ccccc12. The predicted octanol–water partition coefficient (Wildman–Crippen LogP) is 5.06. The molecular formula is C22H15FO2. The third-order valence-corrected chi connectivity index (χ3v) is 5.48. The van der Waals surface area contributed by atoms with Gasteiger partial charge in [0.15, 0.2) is 0 Å². The van der Waals surface area contributed by atoms with E-state index in [1.807, 2.05) is 30.4 Å². The molecule has 2 aliphatic rings. The highest BCUT2D eigenvalue weighted by Crippen LogP contribution is 2.51. The fourth-order valence-electron chi connectivity index (χ4n) is 4.34. The van der Waals surface area contributed by atoms with Crippen LogP contribution in [0.4, 0.5) is 4.39 Å². The summed E-state index contributed by atoms with van der Waals surface area (Å²) in [5.41, 5.74) is 1.95. The van der Waals surface area contributed by atoms with Crippen molar-refractivity contribution < 1.29 is 13.9 Å². The van der Waals surface area contributed by atoms with Gasteiger partial charge in [-0.1, -0.05) is 60.7 Å². The maximum atomic E-state index is 12.7. The molecule has 3 aromatic carbocycles. The zero-order valence-electron chi connectivity index (χ0n) is 13.5. The molecule has 0 fully saturated rings. The predicted molar refractivity (Wildman–Crippen MR) is 96.9 cm³/mol. The maximum Gasteiger partial charge on any atom is 0.323 e. The average molecular weight is 330 g/mol. The molecule has 1 unspecified atom stereocenters. The van der Waals surface area contributed by atoms with Crippen LogP contribution in [0.25, 0.3) is 27.6 Å². The van der Waals surface area contributed by atoms with Crippen molar-refractivity contribution in [2.75, 3.05) is 6.86 Å². The van der Waals surface area contributed by atoms with Gasteiger partial charge in [-0.3, -0.25) is 4.79 Å². The van der Waals surface area contributed by atoms with Gasteiger partial charge in [0.2, 0.25) is 6.86 Å². The number of ether oxygens (including phenoxy) is 1. The molecule has 1 atom stereocenters. The first-order chi connectivity index (χ1) is 12.3. The number of benzene rings is 3. The van der Waals surface area contributed by atoms with Gasteiger partial charge in [0.25, 0.3) is 0 Å². The van der Waals surface area contributed by atoms with Crippen LogP contribution in [-0.4, -0.2) is 12.8 Å². The molecule has 0 amide bonds. The molecule has 0 bridgehead atoms. The minimum atomic E-state index is -1.10. The van der Waals surface area contributed by atoms with Gasteiger partial charge in [-0.2, -0.15) is 0 Å². The molecule has 3 heteroatoms. The number of carbonyl (C=O) groups excluding carboxylic acids is 1. The molecule has 5 rings (SSSR count). The lowest BCUT2D eigenvalue weighted by molar-refractivity contribution is -0.152. The summed E-state index contributed by atoms with van der Waals surface area (Å²) >= 11 is 0. The second kappa shape index (κ2) is 5.03. The van der Waals surface area contributed by atoms with E-state index in [2.05, 4.69) is 36.4 Å². The highest BCUT2D eigenvalue weighted by Gasteiger charge is 2.50. The molecule has 0 saturated carbocycles. The Morgan fingerprint density at radius 3 is 2.76 bits per heavy atom. The van der Waals surface area contributed by atoms with Crippen LogP contribution in [0.2, 0.25) is 0 Å². The smallest absolute Gasteiger partial charge is 0.323 e. The molecular weight excluding hydrogens is 315 g/mol. The van der Waals surface area contributed by atoms with Gasteiger partial charge in [0, 0.05) is 0 Å². The van der Waals surface area contributed by atoms with Crippen molar-refractivity contribution in [1.82, 2.24) is 0 Å². The van der Waals surface area contributed by atoms with Crippen molar-refractivity contribution in [2.45, 2.75) is 11.8 Å². The molecule has 0 aliphatic heterocycles. The molecule has 122 valence electrons. The van der Waals surface area contributed by atoms with Crippen LogP contribution in [0.1, 0.15) is 17.5 Å². The first-order valence-corrected chi connectivity index (χ1v) is 8.32. The van der Waals surface area contributed by atoms with Gasteiger partial charge in [-0.05, 0) is 50.7 Å². The molecule has 0 heterocycles. The Kier molecular flexibility index (Phi) is 2.90. The van der Waals surface area contributed by atoms with Crippen LogP contribution in [0.5, 0.6) is 0 Å². The molecule has 25 heavy (non-hydrogen) atoms. The lowest BCUT2D eigenvalue weighted by Gasteiger charge is -2.26. The Labute approximate surface area is 144 Å². The minimum absolute atomic E-state index is 0.509. The van der Waals surface area contributed by atoms with E-state index in [1.165, 1.54) is 10.8 Å². The highest BCUT2D eigenvalue weighted by atomic mass is 19.1. The van der Waals surface area contributed by atoms with Crippen molar-refractivity contribution in [3.63, 3.8) is 0 Å². The van der Waals surface area contributed by atoms with Crippen LogP contribution < -0.4 is 0 Å². The Morgan fingerprint density at radius 1 is 1.04 bits per heavy atom. The summed E-state index contributed by atoms with van der Waals surface area (Å²) < 4.78 is 17.5. The van der Waals surface area contributed by atoms with Crippen molar-refractivity contribution in [2.24, 2.45) is 0 Å². The van der Waals surface area contributed by atoms with Gasteiger partial charge < -0.3 is 4.74 Å². The monoisotopic (exact) mass is 330 g/mol. The van der Waals surface area contributed by atoms with Gasteiger partial charge >= 0.3 is 5.97 Å². The van der Waals surface area contributed by atoms with Crippen LogP contribution in [0, 0.1) is 0 Å². The van der Waals surface area contributed by atoms with E-state index in [9.17, 15) is 9.18 Å². The van der Waals surface area contributed by atoms with Crippen molar-refractivity contribution in [1.29, 1.82) is 0 Å². The number of halogens is 1. The van der Waals surface area contributed by atoms with E-state index in [-0.39, 0.29) is 0 Å². The Bertz CT molecular complexity index is 1110. The zero-order valence-corrected chi connectivity index (χ0v) is 13.5. The third-order valence-electron chi connectivity index (χ3n) is 5.48. The third kappa shape index (κ3) is 1.75. The summed E-state index contributed by atoms with van der Waals surface area (Å²) in [6.45, 7) is -1.10. The van der Waals surface area contributed by atoms with Crippen LogP contribution in [0.3, 0.4) is 0 Å². The summed E-state index contributed by atoms with van der Waals surface area (Å²) in [5.74, 6) is -0.509. The Balaban J connectivity index is 1.82. The Hall–Kier alpha value is -2.94. The standard InChI is InChI=1S/C22H15FO2/c23-13-25-21(24)22-11-3-5-15(22)12-19-18-8-7-14-4-1-2-6-16(14)17(18)9-10-20(19)22/h1-10,12H,11,13H2. The molecule has 0 aromatic heterocycles. The molecule has 2 aliphatic carbocycles. The number of alkyl halides is 1. The lowest BCUT2D eigenvalue weighted by Crippen LogP contribution is -2.35. The largest absolute Gasteiger partial charge is 0.433 e. The van der Waals surface area contributed by atoms with Gasteiger partial charge in [-0.15, -0.1) is 0 Å². The number of fused-ring (bicyclic) bond motifs is 7. The minimum Gasteiger partial charge on any atom is -0.433 e. The molecule has 0 N–H and O–H groups in total. The van der Waals surface area contributed by atoms with Crippen molar-refractivity contribution >= 4 is 33.6 Å². The average Bonchev–Trinajstić information content (AvgIpc) is 3.19. The Morgan fingerprint density at radius 2 is 1.88 bits per heavy atom. The van der Waals surface area contributed by atoms with E-state index >= 15 is 0 Å². The van der Waals surface area contributed by atoms with E-state index < -0.39 is 18.2 Å². The molecule has 2 nitrogen and oxygen atoms in total. The normalized spacial score (nSPS) is 20.6. The lowest BCUT2D eigenvalue weighted by atomic mass is 9.77. The molecule has 0 saturated heterocycles. The van der Waals surface area contributed by atoms with Crippen LogP contribution >= 0.6 is 0 Å². The van der Waals surface area contributed by atoms with E-state index in [0.29, 0.717) is 6.42 Å². The van der Waals surface area contributed by atoms with Crippen molar-refractivity contribution in [3.05, 3.63) is 77.4 Å². The first-order valence-electron chi connectivity index (χ1n) is 8.32. The number of rotatable bonds is 2. The quantitative estimate of drug-likeness (QED) is 0.485. The molecule has 0 spiro atoms. The maximum absolute atomic E-state index is 12.7. The number of hydrogen-bond donors (Lipinski definition) is 0. The van der Waals surface area contributed by atoms with Gasteiger partial charge in [0.05, 0.1) is 0 Å². The summed E-state index contributed by atoms with van der Waals surface area (Å²) in [4.78, 5) is 12.6. The number of hydrogen-bond acceptors (Lipinski definition) is 2. The van der Waals surface area contributed by atoms with Gasteiger partial charge in [-0.25, -0.2) is 4.39 Å². The van der Waals surface area contributed by atoms with Gasteiger partial charge in [0.1, 0.15) is 5.41 Å². The van der Waals surface area contributed by atoms with E-state index in [1.54, 1.807) is 0 Å². The van der Waals surface area contributed by atoms with Crippen molar-refractivity contribution in [3.8, 4) is 0 Å². The van der Waals surface area contributed by atoms with Crippen LogP contribution in [0.15, 0.2) is 66.3 Å². The number of carbonyl (C=O) groups is 1. The summed E-state index contributed by atoms with van der Waals surface area (Å²) in [6, 6.07) is 16.5. The number of esters is 1. The number of allylic oxidation sites excluding steroid dienone is 2. The summed E-state index contributed by atoms with van der Waals surface area (Å²) in [5, 5.41) is 4.65. The fourth-order valence-corrected chi connectivity index (χ4v) is 4.34. The second-order valence-corrected chi connectivity index (χ2v) is 6.56. The molecule has 0 radical (unpaired) electrons. The van der Waals surface area contributed by atoms with Crippen LogP contribution in [-0.2, 0) is 14.9 Å².